The van der Waals surface area contributed by atoms with E-state index in [4.69, 9.17) is 4.74 Å². The molecule has 0 bridgehead atoms. The Bertz CT molecular complexity index is 1230. The second kappa shape index (κ2) is 11.4. The van der Waals surface area contributed by atoms with Gasteiger partial charge in [0.2, 0.25) is 5.91 Å². The summed E-state index contributed by atoms with van der Waals surface area (Å²) in [4.78, 5) is 15.4. The van der Waals surface area contributed by atoms with Crippen LogP contribution in [0.4, 0.5) is 4.39 Å². The van der Waals surface area contributed by atoms with Crippen LogP contribution in [0.3, 0.4) is 0 Å². The number of rotatable bonds is 8. The number of H-pyrrole nitrogens is 1. The summed E-state index contributed by atoms with van der Waals surface area (Å²) >= 11 is 0. The topological polar surface area (TPSA) is 58.0 Å². The van der Waals surface area contributed by atoms with E-state index in [1.54, 1.807) is 25.3 Å². The number of carbonyl (C=O) groups excluding carboxylic acids is 1. The zero-order chi connectivity index (χ0) is 22.3. The maximum atomic E-state index is 13.0. The van der Waals surface area contributed by atoms with E-state index in [0.717, 1.165) is 39.8 Å². The SMILES string of the molecule is COc1ccc2[nH]cc(CCNC(=O)/C=C/c3cc[n+](Cc4ccc(F)cc4)cc3)c2c1.[Br-]. The molecule has 2 aromatic carbocycles. The van der Waals surface area contributed by atoms with Crippen molar-refractivity contribution in [1.82, 2.24) is 10.3 Å². The molecule has 0 aliphatic heterocycles. The number of pyridine rings is 1. The minimum absolute atomic E-state index is 0. The van der Waals surface area contributed by atoms with E-state index >= 15 is 0 Å². The molecule has 1 amide bonds. The lowest BCUT2D eigenvalue weighted by Crippen LogP contribution is -3.00. The number of amides is 1. The van der Waals surface area contributed by atoms with Crippen LogP contribution >= 0.6 is 0 Å². The van der Waals surface area contributed by atoms with Crippen LogP contribution in [0.15, 0.2) is 79.3 Å². The zero-order valence-electron chi connectivity index (χ0n) is 18.2. The average Bonchev–Trinajstić information content (AvgIpc) is 3.22. The van der Waals surface area contributed by atoms with Crippen molar-refractivity contribution < 1.29 is 35.5 Å². The first-order valence-corrected chi connectivity index (χ1v) is 10.4. The number of ether oxygens (including phenoxy) is 1. The number of nitrogens with one attached hydrogen (secondary N) is 2. The highest BCUT2D eigenvalue weighted by Crippen LogP contribution is 2.23. The van der Waals surface area contributed by atoms with Crippen LogP contribution < -0.4 is 31.6 Å². The number of carbonyl (C=O) groups is 1. The lowest BCUT2D eigenvalue weighted by molar-refractivity contribution is -0.688. The molecule has 0 spiro atoms. The molecule has 170 valence electrons. The molecule has 33 heavy (non-hydrogen) atoms. The third-order valence-corrected chi connectivity index (χ3v) is 5.29. The highest BCUT2D eigenvalue weighted by atomic mass is 79.9. The van der Waals surface area contributed by atoms with Crippen molar-refractivity contribution in [3.8, 4) is 5.75 Å². The third-order valence-electron chi connectivity index (χ3n) is 5.29. The van der Waals surface area contributed by atoms with E-state index in [9.17, 15) is 9.18 Å². The Kier molecular flexibility index (Phi) is 8.38. The molecular formula is C26H25BrFN3O2. The molecule has 0 saturated carbocycles. The first kappa shape index (κ1) is 24.2. The van der Waals surface area contributed by atoms with E-state index in [-0.39, 0.29) is 28.7 Å². The molecule has 2 aromatic heterocycles. The van der Waals surface area contributed by atoms with Crippen LogP contribution in [0, 0.1) is 5.82 Å². The molecule has 0 unspecified atom stereocenters. The molecule has 5 nitrogen and oxygen atoms in total. The first-order chi connectivity index (χ1) is 15.6. The van der Waals surface area contributed by atoms with Crippen molar-refractivity contribution in [2.75, 3.05) is 13.7 Å². The molecule has 0 radical (unpaired) electrons. The summed E-state index contributed by atoms with van der Waals surface area (Å²) in [5.74, 6) is 0.442. The Labute approximate surface area is 202 Å². The quantitative estimate of drug-likeness (QED) is 0.275. The lowest BCUT2D eigenvalue weighted by atomic mass is 10.1. The summed E-state index contributed by atoms with van der Waals surface area (Å²) in [5.41, 5.74) is 4.14. The largest absolute Gasteiger partial charge is 1.00 e. The molecule has 0 atom stereocenters. The van der Waals surface area contributed by atoms with Gasteiger partial charge in [-0.3, -0.25) is 4.79 Å². The fourth-order valence-corrected chi connectivity index (χ4v) is 3.53. The van der Waals surface area contributed by atoms with E-state index in [0.29, 0.717) is 13.1 Å². The molecule has 0 saturated heterocycles. The zero-order valence-corrected chi connectivity index (χ0v) is 19.8. The summed E-state index contributed by atoms with van der Waals surface area (Å²) in [6.07, 6.45) is 9.89. The van der Waals surface area contributed by atoms with Gasteiger partial charge in [0.25, 0.3) is 0 Å². The fraction of sp³-hybridized carbons (Fsp3) is 0.154. The van der Waals surface area contributed by atoms with Gasteiger partial charge in [0.05, 0.1) is 7.11 Å². The fourth-order valence-electron chi connectivity index (χ4n) is 3.53. The Morgan fingerprint density at radius 3 is 2.61 bits per heavy atom. The number of methoxy groups -OCH3 is 1. The number of benzene rings is 2. The molecule has 0 aliphatic rings. The maximum Gasteiger partial charge on any atom is 0.244 e. The lowest BCUT2D eigenvalue weighted by Gasteiger charge is -2.03. The Balaban J connectivity index is 0.00000306. The summed E-state index contributed by atoms with van der Waals surface area (Å²) in [6, 6.07) is 16.2. The summed E-state index contributed by atoms with van der Waals surface area (Å²) in [6.45, 7) is 1.20. The van der Waals surface area contributed by atoms with E-state index < -0.39 is 0 Å². The van der Waals surface area contributed by atoms with E-state index in [1.807, 2.05) is 53.5 Å². The van der Waals surface area contributed by atoms with Crippen LogP contribution in [0.1, 0.15) is 16.7 Å². The number of aromatic nitrogens is 2. The van der Waals surface area contributed by atoms with Crippen LogP contribution in [-0.4, -0.2) is 24.5 Å². The van der Waals surface area contributed by atoms with Crippen LogP contribution in [0.5, 0.6) is 5.75 Å². The Morgan fingerprint density at radius 2 is 1.88 bits per heavy atom. The molecule has 4 aromatic rings. The van der Waals surface area contributed by atoms with Gasteiger partial charge < -0.3 is 32.0 Å². The monoisotopic (exact) mass is 509 g/mol. The number of aromatic amines is 1. The van der Waals surface area contributed by atoms with Gasteiger partial charge in [-0.25, -0.2) is 8.96 Å². The number of hydrogen-bond acceptors (Lipinski definition) is 2. The first-order valence-electron chi connectivity index (χ1n) is 10.4. The maximum absolute atomic E-state index is 13.0. The number of nitrogens with zero attached hydrogens (tertiary/aromatic N) is 1. The Morgan fingerprint density at radius 1 is 1.12 bits per heavy atom. The van der Waals surface area contributed by atoms with Gasteiger partial charge >= 0.3 is 0 Å². The highest BCUT2D eigenvalue weighted by Gasteiger charge is 2.06. The second-order valence-corrected chi connectivity index (χ2v) is 7.53. The third kappa shape index (κ3) is 6.52. The van der Waals surface area contributed by atoms with E-state index in [2.05, 4.69) is 10.3 Å². The van der Waals surface area contributed by atoms with Crippen molar-refractivity contribution in [3.63, 3.8) is 0 Å². The van der Waals surface area contributed by atoms with Crippen LogP contribution in [-0.2, 0) is 17.8 Å². The van der Waals surface area contributed by atoms with Crippen molar-refractivity contribution in [1.29, 1.82) is 0 Å². The number of hydrogen-bond donors (Lipinski definition) is 2. The van der Waals surface area contributed by atoms with Crippen LogP contribution in [0.25, 0.3) is 17.0 Å². The smallest absolute Gasteiger partial charge is 0.244 e. The van der Waals surface area contributed by atoms with E-state index in [1.165, 1.54) is 18.2 Å². The van der Waals surface area contributed by atoms with Gasteiger partial charge in [-0.2, -0.15) is 0 Å². The minimum atomic E-state index is -0.237. The van der Waals surface area contributed by atoms with Crippen molar-refractivity contribution in [2.45, 2.75) is 13.0 Å². The van der Waals surface area contributed by atoms with Gasteiger partial charge in [-0.1, -0.05) is 0 Å². The standard InChI is InChI=1S/C26H24FN3O2.BrH/c1-32-23-7-8-25-24(16-23)21(17-29-25)10-13-28-26(31)9-4-19-11-14-30(15-12-19)18-20-2-5-22(27)6-3-20;/h2-9,11-12,14-17,29H,10,13,18H2,1H3;1H/b9-4+;. The summed E-state index contributed by atoms with van der Waals surface area (Å²) in [7, 11) is 1.65. The van der Waals surface area contributed by atoms with Crippen molar-refractivity contribution >= 4 is 22.9 Å². The molecular weight excluding hydrogens is 485 g/mol. The van der Waals surface area contributed by atoms with Gasteiger partial charge in [0.15, 0.2) is 18.9 Å². The Hall–Kier alpha value is -3.45. The molecule has 0 fully saturated rings. The number of fused-ring (bicyclic) bond motifs is 1. The molecule has 2 N–H and O–H groups in total. The molecule has 2 heterocycles. The predicted octanol–water partition coefficient (Wildman–Crippen LogP) is 1.03. The minimum Gasteiger partial charge on any atom is -1.00 e. The molecule has 0 aliphatic carbocycles. The molecule has 7 heteroatoms. The van der Waals surface area contributed by atoms with Gasteiger partial charge in [-0.05, 0) is 66.1 Å². The summed E-state index contributed by atoms with van der Waals surface area (Å²) in [5, 5.41) is 4.03. The molecule has 4 rings (SSSR count). The van der Waals surface area contributed by atoms with Gasteiger partial charge in [0, 0.05) is 47.4 Å². The second-order valence-electron chi connectivity index (χ2n) is 7.53. The van der Waals surface area contributed by atoms with Crippen molar-refractivity contribution in [3.05, 3.63) is 102 Å². The highest BCUT2D eigenvalue weighted by molar-refractivity contribution is 5.91. The van der Waals surface area contributed by atoms with Crippen LogP contribution in [0.2, 0.25) is 0 Å². The number of halogens is 2. The average molecular weight is 510 g/mol. The van der Waals surface area contributed by atoms with Gasteiger partial charge in [-0.15, -0.1) is 0 Å². The normalized spacial score (nSPS) is 10.8. The predicted molar refractivity (Wildman–Crippen MR) is 123 cm³/mol. The van der Waals surface area contributed by atoms with Crippen molar-refractivity contribution in [2.24, 2.45) is 0 Å². The summed E-state index contributed by atoms with van der Waals surface area (Å²) < 4.78 is 20.3. The van der Waals surface area contributed by atoms with Gasteiger partial charge in [0.1, 0.15) is 11.6 Å².